The average Bonchev–Trinajstić information content (AvgIpc) is 2.50. The van der Waals surface area contributed by atoms with E-state index in [1.165, 1.54) is 12.8 Å². The molecule has 6 nitrogen and oxygen atoms in total. The van der Waals surface area contributed by atoms with Crippen molar-refractivity contribution in [3.8, 4) is 0 Å². The minimum Gasteiger partial charge on any atom is -0.324 e. The first-order chi connectivity index (χ1) is 9.90. The molecule has 3 heterocycles. The Bertz CT molecular complexity index is 538. The van der Waals surface area contributed by atoms with Crippen LogP contribution in [-0.4, -0.2) is 33.0 Å². The number of rotatable bonds is 4. The van der Waals surface area contributed by atoms with Gasteiger partial charge in [0.1, 0.15) is 18.0 Å². The van der Waals surface area contributed by atoms with Crippen LogP contribution in [0.3, 0.4) is 0 Å². The molecule has 2 aromatic heterocycles. The summed E-state index contributed by atoms with van der Waals surface area (Å²) in [6.07, 6.45) is 10.1. The number of piperidine rings is 1. The van der Waals surface area contributed by atoms with E-state index in [9.17, 15) is 0 Å². The summed E-state index contributed by atoms with van der Waals surface area (Å²) in [5.74, 6) is 2.12. The van der Waals surface area contributed by atoms with E-state index in [1.54, 1.807) is 24.9 Å². The van der Waals surface area contributed by atoms with Crippen LogP contribution in [0.25, 0.3) is 0 Å². The lowest BCUT2D eigenvalue weighted by Gasteiger charge is -2.22. The normalized spacial score (nSPS) is 18.7. The highest BCUT2D eigenvalue weighted by Gasteiger charge is 2.14. The van der Waals surface area contributed by atoms with Gasteiger partial charge in [-0.15, -0.1) is 0 Å². The number of nitrogens with one attached hydrogen (secondary N) is 2. The van der Waals surface area contributed by atoms with Crippen LogP contribution in [0.4, 0.5) is 11.6 Å². The summed E-state index contributed by atoms with van der Waals surface area (Å²) in [5.41, 5.74) is 1.07. The Morgan fingerprint density at radius 1 is 1.20 bits per heavy atom. The van der Waals surface area contributed by atoms with E-state index < -0.39 is 0 Å². The van der Waals surface area contributed by atoms with Crippen molar-refractivity contribution >= 4 is 11.6 Å². The Hall–Kier alpha value is -2.08. The van der Waals surface area contributed by atoms with E-state index in [0.717, 1.165) is 31.0 Å². The zero-order valence-electron chi connectivity index (χ0n) is 11.3. The molecule has 0 spiro atoms. The molecule has 20 heavy (non-hydrogen) atoms. The van der Waals surface area contributed by atoms with Crippen LogP contribution in [0.1, 0.15) is 18.5 Å². The van der Waals surface area contributed by atoms with Crippen molar-refractivity contribution in [1.29, 1.82) is 0 Å². The third-order valence-corrected chi connectivity index (χ3v) is 3.44. The van der Waals surface area contributed by atoms with Crippen LogP contribution >= 0.6 is 0 Å². The zero-order chi connectivity index (χ0) is 13.6. The number of nitrogens with zero attached hydrogens (tertiary/aromatic N) is 4. The molecule has 0 radical (unpaired) electrons. The second-order valence-corrected chi connectivity index (χ2v) is 5.03. The van der Waals surface area contributed by atoms with Gasteiger partial charge in [0.25, 0.3) is 0 Å². The van der Waals surface area contributed by atoms with E-state index >= 15 is 0 Å². The van der Waals surface area contributed by atoms with E-state index in [2.05, 4.69) is 30.6 Å². The smallest absolute Gasteiger partial charge is 0.150 e. The molecule has 1 unspecified atom stereocenters. The van der Waals surface area contributed by atoms with Gasteiger partial charge in [-0.3, -0.25) is 4.98 Å². The fourth-order valence-electron chi connectivity index (χ4n) is 2.47. The highest BCUT2D eigenvalue weighted by Crippen LogP contribution is 2.17. The molecule has 0 saturated carbocycles. The summed E-state index contributed by atoms with van der Waals surface area (Å²) in [4.78, 5) is 16.8. The largest absolute Gasteiger partial charge is 0.324 e. The van der Waals surface area contributed by atoms with Gasteiger partial charge in [-0.25, -0.2) is 15.0 Å². The van der Waals surface area contributed by atoms with Gasteiger partial charge in [0, 0.05) is 24.2 Å². The third-order valence-electron chi connectivity index (χ3n) is 3.44. The van der Waals surface area contributed by atoms with Crippen LogP contribution in [0.5, 0.6) is 0 Å². The molecule has 0 aliphatic carbocycles. The highest BCUT2D eigenvalue weighted by molar-refractivity contribution is 5.49. The Labute approximate surface area is 118 Å². The van der Waals surface area contributed by atoms with Gasteiger partial charge in [0.2, 0.25) is 0 Å². The fourth-order valence-corrected chi connectivity index (χ4v) is 2.47. The lowest BCUT2D eigenvalue weighted by Crippen LogP contribution is -2.31. The summed E-state index contributed by atoms with van der Waals surface area (Å²) in [5, 5.41) is 6.57. The van der Waals surface area contributed by atoms with Crippen LogP contribution in [0, 0.1) is 5.92 Å². The summed E-state index contributed by atoms with van der Waals surface area (Å²) < 4.78 is 0. The molecule has 1 fully saturated rings. The van der Waals surface area contributed by atoms with Crippen LogP contribution in [0.15, 0.2) is 31.0 Å². The highest BCUT2D eigenvalue weighted by atomic mass is 15.1. The average molecular weight is 270 g/mol. The topological polar surface area (TPSA) is 75.6 Å². The Kier molecular flexibility index (Phi) is 4.13. The van der Waals surface area contributed by atoms with Gasteiger partial charge >= 0.3 is 0 Å². The van der Waals surface area contributed by atoms with E-state index in [1.807, 2.05) is 6.07 Å². The predicted molar refractivity (Wildman–Crippen MR) is 76.6 cm³/mol. The third kappa shape index (κ3) is 3.48. The van der Waals surface area contributed by atoms with E-state index in [0.29, 0.717) is 11.7 Å². The Balaban J connectivity index is 1.66. The first-order valence-corrected chi connectivity index (χ1v) is 6.95. The van der Waals surface area contributed by atoms with Crippen molar-refractivity contribution in [3.05, 3.63) is 36.7 Å². The molecule has 1 atom stereocenters. The van der Waals surface area contributed by atoms with Crippen molar-refractivity contribution < 1.29 is 0 Å². The Morgan fingerprint density at radius 2 is 2.20 bits per heavy atom. The molecule has 3 rings (SSSR count). The SMILES string of the molecule is c1cnc(Nc2cc(CC3CCCNC3)ncn2)cn1. The minimum atomic E-state index is 0.669. The molecule has 2 N–H and O–H groups in total. The Morgan fingerprint density at radius 3 is 3.00 bits per heavy atom. The molecular formula is C14H18N6. The summed E-state index contributed by atoms with van der Waals surface area (Å²) in [6, 6.07) is 1.99. The number of anilines is 2. The summed E-state index contributed by atoms with van der Waals surface area (Å²) >= 11 is 0. The number of aromatic nitrogens is 4. The lowest BCUT2D eigenvalue weighted by atomic mass is 9.94. The summed E-state index contributed by atoms with van der Waals surface area (Å²) in [6.45, 7) is 2.22. The maximum absolute atomic E-state index is 4.36. The molecule has 1 aliphatic rings. The van der Waals surface area contributed by atoms with Crippen LogP contribution in [-0.2, 0) is 6.42 Å². The van der Waals surface area contributed by atoms with Crippen molar-refractivity contribution in [1.82, 2.24) is 25.3 Å². The standard InChI is InChI=1S/C14H18N6/c1-2-11(8-15-3-1)6-12-7-13(19-10-18-12)20-14-9-16-4-5-17-14/h4-5,7,9-11,15H,1-3,6,8H2,(H,17,18,19,20). The molecule has 0 aromatic carbocycles. The van der Waals surface area contributed by atoms with Gasteiger partial charge < -0.3 is 10.6 Å². The molecule has 1 aliphatic heterocycles. The molecule has 6 heteroatoms. The van der Waals surface area contributed by atoms with Gasteiger partial charge in [-0.2, -0.15) is 0 Å². The first kappa shape index (κ1) is 12.9. The summed E-state index contributed by atoms with van der Waals surface area (Å²) in [7, 11) is 0. The van der Waals surface area contributed by atoms with Crippen LogP contribution < -0.4 is 10.6 Å². The molecular weight excluding hydrogens is 252 g/mol. The van der Waals surface area contributed by atoms with Crippen molar-refractivity contribution in [3.63, 3.8) is 0 Å². The predicted octanol–water partition coefficient (Wildman–Crippen LogP) is 1.55. The molecule has 0 amide bonds. The molecule has 1 saturated heterocycles. The zero-order valence-corrected chi connectivity index (χ0v) is 11.3. The van der Waals surface area contributed by atoms with Gasteiger partial charge in [-0.05, 0) is 38.3 Å². The monoisotopic (exact) mass is 270 g/mol. The molecule has 104 valence electrons. The van der Waals surface area contributed by atoms with Gasteiger partial charge in [0.05, 0.1) is 6.20 Å². The van der Waals surface area contributed by atoms with Crippen LogP contribution in [0.2, 0.25) is 0 Å². The maximum Gasteiger partial charge on any atom is 0.150 e. The van der Waals surface area contributed by atoms with E-state index in [-0.39, 0.29) is 0 Å². The number of hydrogen-bond acceptors (Lipinski definition) is 6. The second-order valence-electron chi connectivity index (χ2n) is 5.03. The first-order valence-electron chi connectivity index (χ1n) is 6.95. The van der Waals surface area contributed by atoms with Crippen molar-refractivity contribution in [2.24, 2.45) is 5.92 Å². The molecule has 2 aromatic rings. The van der Waals surface area contributed by atoms with Gasteiger partial charge in [-0.1, -0.05) is 0 Å². The number of hydrogen-bond donors (Lipinski definition) is 2. The van der Waals surface area contributed by atoms with Crippen molar-refractivity contribution in [2.75, 3.05) is 18.4 Å². The van der Waals surface area contributed by atoms with Crippen molar-refractivity contribution in [2.45, 2.75) is 19.3 Å². The van der Waals surface area contributed by atoms with E-state index in [4.69, 9.17) is 0 Å². The second kappa shape index (κ2) is 6.38. The maximum atomic E-state index is 4.36. The quantitative estimate of drug-likeness (QED) is 0.878. The van der Waals surface area contributed by atoms with Gasteiger partial charge in [0.15, 0.2) is 0 Å². The molecule has 0 bridgehead atoms. The minimum absolute atomic E-state index is 0.669. The lowest BCUT2D eigenvalue weighted by molar-refractivity contribution is 0.373. The fraction of sp³-hybridized carbons (Fsp3) is 0.429.